The highest BCUT2D eigenvalue weighted by Crippen LogP contribution is 2.30. The van der Waals surface area contributed by atoms with Gasteiger partial charge in [0.2, 0.25) is 11.7 Å². The van der Waals surface area contributed by atoms with E-state index in [4.69, 9.17) is 14.0 Å². The van der Waals surface area contributed by atoms with Gasteiger partial charge in [-0.15, -0.1) is 0 Å². The molecule has 0 fully saturated rings. The van der Waals surface area contributed by atoms with E-state index in [2.05, 4.69) is 10.1 Å². The summed E-state index contributed by atoms with van der Waals surface area (Å²) in [6, 6.07) is 15.1. The van der Waals surface area contributed by atoms with E-state index >= 15 is 0 Å². The van der Waals surface area contributed by atoms with Crippen molar-refractivity contribution >= 4 is 11.6 Å². The highest BCUT2D eigenvalue weighted by molar-refractivity contribution is 5.94. The van der Waals surface area contributed by atoms with Crippen molar-refractivity contribution in [3.05, 3.63) is 99.4 Å². The zero-order valence-corrected chi connectivity index (χ0v) is 22.1. The lowest BCUT2D eigenvalue weighted by Gasteiger charge is -2.23. The monoisotopic (exact) mass is 570 g/mol. The molecule has 10 nitrogen and oxygen atoms in total. The molecule has 3 aromatic carbocycles. The summed E-state index contributed by atoms with van der Waals surface area (Å²) in [6.07, 6.45) is -3.97. The van der Waals surface area contributed by atoms with Crippen molar-refractivity contribution in [1.82, 2.24) is 15.0 Å². The number of hydrogen-bond acceptors (Lipinski definition) is 8. The Labute approximate surface area is 232 Å². The number of halogens is 3. The van der Waals surface area contributed by atoms with Crippen molar-refractivity contribution < 1.29 is 36.9 Å². The van der Waals surface area contributed by atoms with Crippen LogP contribution in [0.3, 0.4) is 0 Å². The zero-order chi connectivity index (χ0) is 29.6. The molecule has 0 aliphatic rings. The number of ether oxygens (including phenoxy) is 2. The molecule has 1 amide bonds. The van der Waals surface area contributed by atoms with Gasteiger partial charge in [-0.25, -0.2) is 0 Å². The van der Waals surface area contributed by atoms with Crippen LogP contribution >= 0.6 is 0 Å². The van der Waals surface area contributed by atoms with E-state index in [1.165, 1.54) is 37.3 Å². The van der Waals surface area contributed by atoms with Crippen molar-refractivity contribution in [2.45, 2.75) is 19.0 Å². The lowest BCUT2D eigenvalue weighted by molar-refractivity contribution is -0.384. The van der Waals surface area contributed by atoms with Crippen molar-refractivity contribution in [1.29, 1.82) is 0 Å². The average Bonchev–Trinajstić information content (AvgIpc) is 3.45. The van der Waals surface area contributed by atoms with Gasteiger partial charge in [0.15, 0.2) is 11.5 Å². The zero-order valence-electron chi connectivity index (χ0n) is 22.1. The molecule has 1 aromatic heterocycles. The molecule has 0 aliphatic carbocycles. The van der Waals surface area contributed by atoms with Gasteiger partial charge in [0.05, 0.1) is 24.7 Å². The summed E-state index contributed by atoms with van der Waals surface area (Å²) in [7, 11) is 3.03. The van der Waals surface area contributed by atoms with E-state index in [1.807, 2.05) is 6.07 Å². The van der Waals surface area contributed by atoms with Crippen LogP contribution in [0.5, 0.6) is 11.5 Å². The number of nitro groups is 1. The van der Waals surface area contributed by atoms with Crippen LogP contribution in [0.25, 0.3) is 11.4 Å². The van der Waals surface area contributed by atoms with Crippen LogP contribution in [0.1, 0.15) is 27.4 Å². The lowest BCUT2D eigenvalue weighted by Crippen LogP contribution is -2.35. The lowest BCUT2D eigenvalue weighted by atomic mass is 10.1. The van der Waals surface area contributed by atoms with Crippen molar-refractivity contribution in [3.8, 4) is 22.9 Å². The largest absolute Gasteiger partial charge is 0.493 e. The van der Waals surface area contributed by atoms with Crippen LogP contribution in [0.4, 0.5) is 18.9 Å². The topological polar surface area (TPSA) is 121 Å². The van der Waals surface area contributed by atoms with E-state index < -0.39 is 22.6 Å². The first-order valence-electron chi connectivity index (χ1n) is 12.3. The molecule has 0 bridgehead atoms. The fraction of sp³-hybridized carbons (Fsp3) is 0.250. The van der Waals surface area contributed by atoms with Gasteiger partial charge in [-0.3, -0.25) is 14.9 Å². The molecule has 1 heterocycles. The summed E-state index contributed by atoms with van der Waals surface area (Å²) in [4.78, 5) is 29.7. The minimum absolute atomic E-state index is 0.0909. The van der Waals surface area contributed by atoms with Crippen LogP contribution in [-0.4, -0.2) is 53.2 Å². The summed E-state index contributed by atoms with van der Waals surface area (Å²) in [6.45, 7) is 0.338. The Kier molecular flexibility index (Phi) is 8.85. The second-order valence-corrected chi connectivity index (χ2v) is 8.88. The number of hydrogen-bond donors (Lipinski definition) is 0. The van der Waals surface area contributed by atoms with E-state index in [9.17, 15) is 28.1 Å². The maximum Gasteiger partial charge on any atom is 0.416 e. The minimum atomic E-state index is -4.52. The fourth-order valence-electron chi connectivity index (χ4n) is 4.06. The minimum Gasteiger partial charge on any atom is -0.493 e. The first kappa shape index (κ1) is 29.1. The van der Waals surface area contributed by atoms with Gasteiger partial charge in [-0.05, 0) is 48.4 Å². The maximum absolute atomic E-state index is 13.4. The SMILES string of the molecule is COc1ccc(CCN(CCc2nc(-c3cccc([N+](=O)[O-])c3)no2)C(=O)c2ccc(C(F)(F)F)cc2)cc1OC. The molecule has 4 rings (SSSR count). The second-order valence-electron chi connectivity index (χ2n) is 8.88. The molecule has 13 heteroatoms. The second kappa shape index (κ2) is 12.5. The molecule has 214 valence electrons. The first-order chi connectivity index (χ1) is 19.6. The van der Waals surface area contributed by atoms with Gasteiger partial charge in [-0.2, -0.15) is 18.2 Å². The number of carbonyl (C=O) groups excluding carboxylic acids is 1. The quantitative estimate of drug-likeness (QED) is 0.169. The van der Waals surface area contributed by atoms with Crippen LogP contribution in [-0.2, 0) is 19.0 Å². The average molecular weight is 571 g/mol. The Morgan fingerprint density at radius 3 is 2.34 bits per heavy atom. The smallest absolute Gasteiger partial charge is 0.416 e. The highest BCUT2D eigenvalue weighted by Gasteiger charge is 2.30. The molecular formula is C28H25F3N4O6. The number of nitrogens with zero attached hydrogens (tertiary/aromatic N) is 4. The van der Waals surface area contributed by atoms with E-state index in [-0.39, 0.29) is 42.5 Å². The third-order valence-corrected chi connectivity index (χ3v) is 6.24. The molecule has 41 heavy (non-hydrogen) atoms. The number of methoxy groups -OCH3 is 2. The molecule has 0 radical (unpaired) electrons. The normalized spacial score (nSPS) is 11.2. The molecule has 0 N–H and O–H groups in total. The number of rotatable bonds is 11. The molecule has 0 aliphatic heterocycles. The summed E-state index contributed by atoms with van der Waals surface area (Å²) in [5.41, 5.74) is 0.342. The Morgan fingerprint density at radius 2 is 1.68 bits per heavy atom. The summed E-state index contributed by atoms with van der Waals surface area (Å²) in [5.74, 6) is 0.921. The molecule has 4 aromatic rings. The number of benzene rings is 3. The molecule has 0 spiro atoms. The van der Waals surface area contributed by atoms with Gasteiger partial charge in [-0.1, -0.05) is 23.4 Å². The Morgan fingerprint density at radius 1 is 0.976 bits per heavy atom. The van der Waals surface area contributed by atoms with Gasteiger partial charge in [0, 0.05) is 42.8 Å². The van der Waals surface area contributed by atoms with Gasteiger partial charge in [0.25, 0.3) is 11.6 Å². The predicted molar refractivity (Wildman–Crippen MR) is 141 cm³/mol. The van der Waals surface area contributed by atoms with E-state index in [0.717, 1.165) is 29.8 Å². The first-order valence-corrected chi connectivity index (χ1v) is 12.3. The van der Waals surface area contributed by atoms with Crippen LogP contribution in [0.15, 0.2) is 71.3 Å². The van der Waals surface area contributed by atoms with Crippen LogP contribution in [0, 0.1) is 10.1 Å². The fourth-order valence-corrected chi connectivity index (χ4v) is 4.06. The van der Waals surface area contributed by atoms with Crippen molar-refractivity contribution in [2.24, 2.45) is 0 Å². The number of aromatic nitrogens is 2. The Bertz CT molecular complexity index is 1520. The molecule has 0 unspecified atom stereocenters. The molecule has 0 saturated heterocycles. The van der Waals surface area contributed by atoms with Crippen LogP contribution in [0.2, 0.25) is 0 Å². The molecule has 0 atom stereocenters. The summed E-state index contributed by atoms with van der Waals surface area (Å²) >= 11 is 0. The van der Waals surface area contributed by atoms with Crippen LogP contribution < -0.4 is 9.47 Å². The number of carbonyl (C=O) groups is 1. The number of nitro benzene ring substituents is 1. The van der Waals surface area contributed by atoms with Gasteiger partial charge < -0.3 is 18.9 Å². The summed E-state index contributed by atoms with van der Waals surface area (Å²) < 4.78 is 55.0. The summed E-state index contributed by atoms with van der Waals surface area (Å²) in [5, 5.41) is 15.0. The van der Waals surface area contributed by atoms with Crippen molar-refractivity contribution in [2.75, 3.05) is 27.3 Å². The van der Waals surface area contributed by atoms with Crippen molar-refractivity contribution in [3.63, 3.8) is 0 Å². The Hall–Kier alpha value is -4.94. The van der Waals surface area contributed by atoms with Gasteiger partial charge in [0.1, 0.15) is 0 Å². The van der Waals surface area contributed by atoms with E-state index in [0.29, 0.717) is 23.5 Å². The third kappa shape index (κ3) is 7.18. The number of amides is 1. The standard InChI is InChI=1S/C28H25F3N4O6/c1-39-23-11-6-18(16-24(23)40-2)12-14-34(27(36)19-7-9-21(10-8-19)28(29,30)31)15-13-25-32-26(33-41-25)20-4-3-5-22(17-20)35(37)38/h3-11,16-17H,12-15H2,1-2H3. The maximum atomic E-state index is 13.4. The molecular weight excluding hydrogens is 545 g/mol. The number of non-ortho nitro benzene ring substituents is 1. The number of alkyl halides is 3. The third-order valence-electron chi connectivity index (χ3n) is 6.24. The Balaban J connectivity index is 1.52. The molecule has 0 saturated carbocycles. The van der Waals surface area contributed by atoms with E-state index in [1.54, 1.807) is 18.2 Å². The highest BCUT2D eigenvalue weighted by atomic mass is 19.4. The predicted octanol–water partition coefficient (Wildman–Crippen LogP) is 5.61. The van der Waals surface area contributed by atoms with Gasteiger partial charge >= 0.3 is 6.18 Å².